The Balaban J connectivity index is 1.26. The van der Waals surface area contributed by atoms with Crippen LogP contribution in [0.5, 0.6) is 17.2 Å². The number of piperidine rings is 1. The van der Waals surface area contributed by atoms with Gasteiger partial charge in [0.2, 0.25) is 0 Å². The summed E-state index contributed by atoms with van der Waals surface area (Å²) in [5.41, 5.74) is 4.07. The number of hydrogen-bond acceptors (Lipinski definition) is 7. The molecular formula is C38H43NO8. The highest BCUT2D eigenvalue weighted by Gasteiger charge is 2.41. The first kappa shape index (κ1) is 33.8. The average Bonchev–Trinajstić information content (AvgIpc) is 3.12. The second-order valence-electron chi connectivity index (χ2n) is 11.4. The highest BCUT2D eigenvalue weighted by molar-refractivity contribution is 5.65. The number of ether oxygens (including phenoxy) is 6. The van der Waals surface area contributed by atoms with Crippen LogP contribution in [0.1, 0.15) is 34.6 Å². The molecule has 0 aliphatic carbocycles. The highest BCUT2D eigenvalue weighted by atomic mass is 16.5. The third kappa shape index (κ3) is 9.96. The minimum atomic E-state index is -1.00. The predicted octanol–water partition coefficient (Wildman–Crippen LogP) is 6.94. The summed E-state index contributed by atoms with van der Waals surface area (Å²) in [5, 5.41) is 10.0. The van der Waals surface area contributed by atoms with Crippen LogP contribution in [0, 0.1) is 0 Å². The number of likely N-dealkylation sites (tertiary alicyclic amines) is 1. The van der Waals surface area contributed by atoms with Gasteiger partial charge in [-0.1, -0.05) is 66.7 Å². The molecule has 2 unspecified atom stereocenters. The maximum atomic E-state index is 12.2. The Kier molecular flexibility index (Phi) is 12.5. The minimum absolute atomic E-state index is 0.220. The van der Waals surface area contributed by atoms with Gasteiger partial charge in [-0.05, 0) is 58.7 Å². The summed E-state index contributed by atoms with van der Waals surface area (Å²) in [5.74, 6) is 2.06. The van der Waals surface area contributed by atoms with Crippen LogP contribution in [-0.4, -0.2) is 68.8 Å². The van der Waals surface area contributed by atoms with E-state index in [9.17, 15) is 9.90 Å². The molecule has 1 aliphatic heterocycles. The zero-order chi connectivity index (χ0) is 32.8. The van der Waals surface area contributed by atoms with Crippen molar-refractivity contribution in [2.45, 2.75) is 44.4 Å². The van der Waals surface area contributed by atoms with Crippen LogP contribution in [-0.2, 0) is 34.0 Å². The summed E-state index contributed by atoms with van der Waals surface area (Å²) in [4.78, 5) is 13.6. The van der Waals surface area contributed by atoms with Gasteiger partial charge in [0.15, 0.2) is 0 Å². The SMILES string of the molecule is COc1ccc(COC2CN(C(=O)O)CC(OCc3ccc(OC)cc3)C2c2ccc(OCCCOCc3ccccc3)cc2)cc1. The summed E-state index contributed by atoms with van der Waals surface area (Å²) < 4.78 is 35.3. The Bertz CT molecular complexity index is 1430. The summed E-state index contributed by atoms with van der Waals surface area (Å²) in [6.07, 6.45) is -1.13. The van der Waals surface area contributed by atoms with E-state index in [1.165, 1.54) is 4.90 Å². The first-order valence-corrected chi connectivity index (χ1v) is 15.8. The van der Waals surface area contributed by atoms with Crippen molar-refractivity contribution in [3.63, 3.8) is 0 Å². The van der Waals surface area contributed by atoms with Gasteiger partial charge in [-0.2, -0.15) is 0 Å². The normalized spacial score (nSPS) is 17.7. The zero-order valence-electron chi connectivity index (χ0n) is 27.0. The molecule has 4 aromatic rings. The molecule has 248 valence electrons. The first-order chi connectivity index (χ1) is 23.0. The number of rotatable bonds is 16. The van der Waals surface area contributed by atoms with E-state index in [0.717, 1.165) is 45.9 Å². The lowest BCUT2D eigenvalue weighted by atomic mass is 9.84. The van der Waals surface area contributed by atoms with Gasteiger partial charge in [0, 0.05) is 12.3 Å². The topological polar surface area (TPSA) is 95.9 Å². The van der Waals surface area contributed by atoms with Gasteiger partial charge < -0.3 is 38.4 Å². The van der Waals surface area contributed by atoms with Crippen molar-refractivity contribution in [1.29, 1.82) is 0 Å². The Morgan fingerprint density at radius 3 is 1.68 bits per heavy atom. The van der Waals surface area contributed by atoms with Crippen LogP contribution in [0.3, 0.4) is 0 Å². The monoisotopic (exact) mass is 641 g/mol. The van der Waals surface area contributed by atoms with Gasteiger partial charge in [0.1, 0.15) is 17.2 Å². The van der Waals surface area contributed by atoms with Crippen molar-refractivity contribution in [2.24, 2.45) is 0 Å². The quantitative estimate of drug-likeness (QED) is 0.132. The first-order valence-electron chi connectivity index (χ1n) is 15.8. The van der Waals surface area contributed by atoms with E-state index in [0.29, 0.717) is 33.0 Å². The van der Waals surface area contributed by atoms with Crippen molar-refractivity contribution in [3.05, 3.63) is 125 Å². The van der Waals surface area contributed by atoms with Crippen LogP contribution < -0.4 is 14.2 Å². The van der Waals surface area contributed by atoms with Crippen LogP contribution >= 0.6 is 0 Å². The molecule has 1 heterocycles. The standard InChI is InChI=1S/C38H43NO8/c1-42-32-15-9-29(10-16-32)26-46-35-23-39(38(40)41)24-36(47-27-30-11-17-33(43-2)18-12-30)37(35)31-13-19-34(20-14-31)45-22-6-21-44-25-28-7-4-3-5-8-28/h3-5,7-20,35-37H,6,21-27H2,1-2H3,(H,40,41). The minimum Gasteiger partial charge on any atom is -0.497 e. The summed E-state index contributed by atoms with van der Waals surface area (Å²) >= 11 is 0. The summed E-state index contributed by atoms with van der Waals surface area (Å²) in [7, 11) is 3.26. The van der Waals surface area contributed by atoms with Crippen LogP contribution in [0.2, 0.25) is 0 Å². The molecule has 0 spiro atoms. The van der Waals surface area contributed by atoms with E-state index in [4.69, 9.17) is 28.4 Å². The third-order valence-corrected chi connectivity index (χ3v) is 8.20. The van der Waals surface area contributed by atoms with Crippen molar-refractivity contribution < 1.29 is 38.3 Å². The fourth-order valence-electron chi connectivity index (χ4n) is 5.63. The number of methoxy groups -OCH3 is 2. The maximum absolute atomic E-state index is 12.2. The fraction of sp³-hybridized carbons (Fsp3) is 0.342. The molecule has 9 nitrogen and oxygen atoms in total. The maximum Gasteiger partial charge on any atom is 0.407 e. The van der Waals surface area contributed by atoms with Gasteiger partial charge in [-0.25, -0.2) is 4.79 Å². The largest absolute Gasteiger partial charge is 0.497 e. The molecule has 0 radical (unpaired) electrons. The van der Waals surface area contributed by atoms with E-state index in [-0.39, 0.29) is 19.0 Å². The van der Waals surface area contributed by atoms with Crippen molar-refractivity contribution >= 4 is 6.09 Å². The lowest BCUT2D eigenvalue weighted by Crippen LogP contribution is -2.54. The Morgan fingerprint density at radius 1 is 0.660 bits per heavy atom. The Labute approximate surface area is 276 Å². The molecule has 9 heteroatoms. The molecule has 1 aliphatic rings. The second kappa shape index (κ2) is 17.4. The van der Waals surface area contributed by atoms with Gasteiger partial charge in [0.05, 0.1) is 72.6 Å². The van der Waals surface area contributed by atoms with E-state index in [1.807, 2.05) is 103 Å². The molecule has 1 fully saturated rings. The Hall–Kier alpha value is -4.57. The molecule has 4 aromatic carbocycles. The van der Waals surface area contributed by atoms with Crippen LogP contribution in [0.25, 0.3) is 0 Å². The van der Waals surface area contributed by atoms with E-state index < -0.39 is 18.3 Å². The van der Waals surface area contributed by atoms with Crippen molar-refractivity contribution in [2.75, 3.05) is 40.5 Å². The van der Waals surface area contributed by atoms with E-state index >= 15 is 0 Å². The molecule has 1 saturated heterocycles. The Morgan fingerprint density at radius 2 is 1.17 bits per heavy atom. The van der Waals surface area contributed by atoms with Crippen LogP contribution in [0.15, 0.2) is 103 Å². The molecule has 0 aromatic heterocycles. The highest BCUT2D eigenvalue weighted by Crippen LogP contribution is 2.35. The predicted molar refractivity (Wildman–Crippen MR) is 178 cm³/mol. The van der Waals surface area contributed by atoms with Gasteiger partial charge in [-0.3, -0.25) is 0 Å². The second-order valence-corrected chi connectivity index (χ2v) is 11.4. The van der Waals surface area contributed by atoms with Crippen LogP contribution in [0.4, 0.5) is 4.79 Å². The van der Waals surface area contributed by atoms with Gasteiger partial charge in [0.25, 0.3) is 0 Å². The number of carbonyl (C=O) groups is 1. The van der Waals surface area contributed by atoms with E-state index in [2.05, 4.69) is 0 Å². The zero-order valence-corrected chi connectivity index (χ0v) is 27.0. The lowest BCUT2D eigenvalue weighted by molar-refractivity contribution is -0.0937. The molecule has 1 N–H and O–H groups in total. The smallest absolute Gasteiger partial charge is 0.407 e. The third-order valence-electron chi connectivity index (χ3n) is 8.20. The lowest BCUT2D eigenvalue weighted by Gasteiger charge is -2.42. The molecule has 2 atom stereocenters. The average molecular weight is 642 g/mol. The molecule has 5 rings (SSSR count). The molecule has 0 saturated carbocycles. The van der Waals surface area contributed by atoms with E-state index in [1.54, 1.807) is 14.2 Å². The van der Waals surface area contributed by atoms with Gasteiger partial charge >= 0.3 is 6.09 Å². The molecule has 1 amide bonds. The number of hydrogen-bond donors (Lipinski definition) is 1. The number of amides is 1. The number of benzene rings is 4. The molecule has 0 bridgehead atoms. The fourth-order valence-corrected chi connectivity index (χ4v) is 5.63. The van der Waals surface area contributed by atoms with Gasteiger partial charge in [-0.15, -0.1) is 0 Å². The molecular weight excluding hydrogens is 598 g/mol. The summed E-state index contributed by atoms with van der Waals surface area (Å²) in [6, 6.07) is 33.4. The van der Waals surface area contributed by atoms with Crippen molar-refractivity contribution in [1.82, 2.24) is 4.90 Å². The van der Waals surface area contributed by atoms with Crippen molar-refractivity contribution in [3.8, 4) is 17.2 Å². The number of carboxylic acid groups (broad SMARTS) is 1. The number of nitrogens with zero attached hydrogens (tertiary/aromatic N) is 1. The molecule has 47 heavy (non-hydrogen) atoms. The summed E-state index contributed by atoms with van der Waals surface area (Å²) in [6.45, 7) is 2.80.